The summed E-state index contributed by atoms with van der Waals surface area (Å²) in [6.45, 7) is 4.46. The van der Waals surface area contributed by atoms with E-state index in [4.69, 9.17) is 0 Å². The van der Waals surface area contributed by atoms with Crippen molar-refractivity contribution in [2.75, 3.05) is 0 Å². The Hall–Kier alpha value is -2.44. The van der Waals surface area contributed by atoms with Crippen LogP contribution in [0, 0.1) is 32.4 Å². The average Bonchev–Trinajstić information content (AvgIpc) is 3.58. The molecule has 0 bridgehead atoms. The van der Waals surface area contributed by atoms with Crippen molar-refractivity contribution < 1.29 is 0 Å². The SMILES string of the molecule is CCCCCCc1c/c(=c2\ccc(=C3Sc4ccccc4S3)s2)c(CCCCCC)cc1=C(C#N)C#N. The Bertz CT molecular complexity index is 1490. The summed E-state index contributed by atoms with van der Waals surface area (Å²) >= 11 is 5.60. The Labute approximate surface area is 233 Å². The average molecular weight is 543 g/mol. The number of hydrogen-bond acceptors (Lipinski definition) is 5. The largest absolute Gasteiger partial charge is 0.192 e. The Morgan fingerprint density at radius 1 is 0.703 bits per heavy atom. The Balaban J connectivity index is 1.87. The van der Waals surface area contributed by atoms with E-state index in [0.29, 0.717) is 0 Å². The van der Waals surface area contributed by atoms with Gasteiger partial charge in [0, 0.05) is 24.1 Å². The van der Waals surface area contributed by atoms with Gasteiger partial charge in [-0.3, -0.25) is 0 Å². The molecule has 0 radical (unpaired) electrons. The Kier molecular flexibility index (Phi) is 10.4. The molecule has 0 saturated carbocycles. The van der Waals surface area contributed by atoms with Gasteiger partial charge in [0.25, 0.3) is 0 Å². The van der Waals surface area contributed by atoms with Crippen molar-refractivity contribution in [3.8, 4) is 12.1 Å². The fourth-order valence-electron chi connectivity index (χ4n) is 4.73. The molecule has 190 valence electrons. The molecular weight excluding hydrogens is 509 g/mol. The van der Waals surface area contributed by atoms with Crippen LogP contribution >= 0.6 is 34.9 Å². The van der Waals surface area contributed by atoms with Gasteiger partial charge in [-0.1, -0.05) is 88.0 Å². The maximum absolute atomic E-state index is 9.72. The van der Waals surface area contributed by atoms with Gasteiger partial charge in [-0.15, -0.1) is 11.3 Å². The lowest BCUT2D eigenvalue weighted by Crippen LogP contribution is -2.14. The molecular formula is C32H34N2S3. The van der Waals surface area contributed by atoms with Crippen LogP contribution < -0.4 is 9.75 Å². The predicted molar refractivity (Wildman–Crippen MR) is 160 cm³/mol. The molecule has 37 heavy (non-hydrogen) atoms. The number of benzene rings is 2. The molecule has 0 atom stereocenters. The van der Waals surface area contributed by atoms with Crippen LogP contribution in [0.25, 0.3) is 9.81 Å². The van der Waals surface area contributed by atoms with Gasteiger partial charge in [0.15, 0.2) is 0 Å². The van der Waals surface area contributed by atoms with Gasteiger partial charge < -0.3 is 0 Å². The van der Waals surface area contributed by atoms with Crippen LogP contribution in [-0.2, 0) is 12.8 Å². The number of thiophene rings is 1. The second-order valence-electron chi connectivity index (χ2n) is 9.49. The number of unbranched alkanes of at least 4 members (excludes halogenated alkanes) is 6. The van der Waals surface area contributed by atoms with Crippen molar-refractivity contribution in [3.63, 3.8) is 0 Å². The summed E-state index contributed by atoms with van der Waals surface area (Å²) in [6.07, 6.45) is 11.3. The van der Waals surface area contributed by atoms with Gasteiger partial charge in [0.05, 0.1) is 4.24 Å². The lowest BCUT2D eigenvalue weighted by Gasteiger charge is -2.09. The third-order valence-corrected chi connectivity index (χ3v) is 10.7. The highest BCUT2D eigenvalue weighted by Crippen LogP contribution is 2.51. The molecule has 1 aromatic heterocycles. The summed E-state index contributed by atoms with van der Waals surface area (Å²) in [6, 6.07) is 22.0. The van der Waals surface area contributed by atoms with Crippen LogP contribution in [0.1, 0.15) is 76.3 Å². The molecule has 5 heteroatoms. The Morgan fingerprint density at radius 3 is 1.89 bits per heavy atom. The van der Waals surface area contributed by atoms with Gasteiger partial charge in [0.1, 0.15) is 17.7 Å². The molecule has 0 fully saturated rings. The number of aryl methyl sites for hydroxylation is 2. The zero-order chi connectivity index (χ0) is 26.0. The summed E-state index contributed by atoms with van der Waals surface area (Å²) in [5, 5.41) is 21.6. The standard InChI is InChI=1S/C32H34N2S3/c1-3-5-7-9-13-23-20-27(24(14-10-8-6-4-2)19-26(23)25(21-33)22-34)28-17-18-31(35-28)32-36-29-15-11-12-16-30(29)37-32/h11-12,15-20H,3-10,13-14H2,1-2H3/b28-27-. The molecule has 1 aliphatic rings. The molecule has 2 heterocycles. The third kappa shape index (κ3) is 6.91. The van der Waals surface area contributed by atoms with Crippen molar-refractivity contribution in [1.82, 2.24) is 0 Å². The smallest absolute Gasteiger partial charge is 0.137 e. The second-order valence-corrected chi connectivity index (χ2v) is 12.9. The fourth-order valence-corrected chi connectivity index (χ4v) is 8.44. The van der Waals surface area contributed by atoms with Gasteiger partial charge in [-0.2, -0.15) is 10.5 Å². The number of rotatable bonds is 10. The first kappa shape index (κ1) is 27.6. The maximum atomic E-state index is 9.72. The van der Waals surface area contributed by atoms with E-state index in [0.717, 1.165) is 36.5 Å². The number of nitrogens with zero attached hydrogens (tertiary/aromatic N) is 2. The minimum atomic E-state index is 0.241. The van der Waals surface area contributed by atoms with Crippen LogP contribution in [0.2, 0.25) is 0 Å². The highest BCUT2D eigenvalue weighted by Gasteiger charge is 2.17. The van der Waals surface area contributed by atoms with Crippen LogP contribution in [0.15, 0.2) is 58.3 Å². The van der Waals surface area contributed by atoms with Crippen LogP contribution in [-0.4, -0.2) is 0 Å². The van der Waals surface area contributed by atoms with E-state index in [2.05, 4.69) is 74.5 Å². The minimum absolute atomic E-state index is 0.241. The van der Waals surface area contributed by atoms with E-state index >= 15 is 0 Å². The van der Waals surface area contributed by atoms with E-state index in [-0.39, 0.29) is 5.57 Å². The molecule has 0 unspecified atom stereocenters. The monoisotopic (exact) mass is 542 g/mol. The lowest BCUT2D eigenvalue weighted by molar-refractivity contribution is 0.661. The van der Waals surface area contributed by atoms with E-state index in [1.807, 2.05) is 34.9 Å². The summed E-state index contributed by atoms with van der Waals surface area (Å²) in [7, 11) is 0. The van der Waals surface area contributed by atoms with Crippen molar-refractivity contribution >= 4 is 44.7 Å². The molecule has 0 N–H and O–H groups in total. The van der Waals surface area contributed by atoms with E-state index in [1.54, 1.807) is 0 Å². The van der Waals surface area contributed by atoms with Gasteiger partial charge in [0.2, 0.25) is 0 Å². The first-order valence-electron chi connectivity index (χ1n) is 13.4. The number of thioether (sulfide) groups is 2. The normalized spacial score (nSPS) is 13.2. The molecule has 0 amide bonds. The third-order valence-electron chi connectivity index (χ3n) is 6.75. The number of hydrogen-bond donors (Lipinski definition) is 0. The van der Waals surface area contributed by atoms with Gasteiger partial charge in [-0.05, 0) is 78.4 Å². The second kappa shape index (κ2) is 13.9. The molecule has 2 aromatic carbocycles. The van der Waals surface area contributed by atoms with E-state index in [9.17, 15) is 10.5 Å². The quantitative estimate of drug-likeness (QED) is 0.241. The van der Waals surface area contributed by atoms with Crippen molar-refractivity contribution in [1.29, 1.82) is 10.5 Å². The van der Waals surface area contributed by atoms with Crippen LogP contribution in [0.3, 0.4) is 0 Å². The summed E-state index contributed by atoms with van der Waals surface area (Å²) < 4.78 is 3.94. The fraction of sp³-hybridized carbons (Fsp3) is 0.375. The van der Waals surface area contributed by atoms with Crippen molar-refractivity contribution in [2.45, 2.75) is 87.8 Å². The highest BCUT2D eigenvalue weighted by atomic mass is 32.2. The van der Waals surface area contributed by atoms with E-state index in [1.165, 1.54) is 72.4 Å². The molecule has 0 aliphatic carbocycles. The van der Waals surface area contributed by atoms with E-state index < -0.39 is 0 Å². The minimum Gasteiger partial charge on any atom is -0.192 e. The highest BCUT2D eigenvalue weighted by molar-refractivity contribution is 8.32. The maximum Gasteiger partial charge on any atom is 0.137 e. The first-order valence-corrected chi connectivity index (χ1v) is 15.9. The predicted octanol–water partition coefficient (Wildman–Crippen LogP) is 8.44. The summed E-state index contributed by atoms with van der Waals surface area (Å²) in [4.78, 5) is 2.67. The molecule has 4 rings (SSSR count). The van der Waals surface area contributed by atoms with Gasteiger partial charge in [-0.25, -0.2) is 0 Å². The van der Waals surface area contributed by atoms with Crippen molar-refractivity contribution in [2.24, 2.45) is 0 Å². The summed E-state index contributed by atoms with van der Waals surface area (Å²) in [5.74, 6) is 0. The van der Waals surface area contributed by atoms with Gasteiger partial charge >= 0.3 is 0 Å². The first-order chi connectivity index (χ1) is 18.2. The zero-order valence-corrected chi connectivity index (χ0v) is 24.3. The number of nitriles is 2. The van der Waals surface area contributed by atoms with Crippen LogP contribution in [0.4, 0.5) is 0 Å². The zero-order valence-electron chi connectivity index (χ0n) is 21.8. The molecule has 1 aliphatic heterocycles. The lowest BCUT2D eigenvalue weighted by atomic mass is 9.95. The number of fused-ring (bicyclic) bond motifs is 1. The van der Waals surface area contributed by atoms with Crippen LogP contribution in [0.5, 0.6) is 0 Å². The Morgan fingerprint density at radius 2 is 1.30 bits per heavy atom. The summed E-state index contributed by atoms with van der Waals surface area (Å²) in [5.41, 5.74) is 2.65. The topological polar surface area (TPSA) is 47.6 Å². The molecule has 0 spiro atoms. The molecule has 3 aromatic rings. The van der Waals surface area contributed by atoms with Crippen molar-refractivity contribution in [3.05, 3.63) is 79.2 Å². The molecule has 0 saturated heterocycles. The molecule has 2 nitrogen and oxygen atoms in total.